The number of hydrogen-bond acceptors (Lipinski definition) is 2. The number of para-hydroxylation sites is 1. The van der Waals surface area contributed by atoms with Gasteiger partial charge >= 0.3 is 0 Å². The lowest BCUT2D eigenvalue weighted by Crippen LogP contribution is -2.00. The van der Waals surface area contributed by atoms with Gasteiger partial charge in [-0.15, -0.1) is 0 Å². The highest BCUT2D eigenvalue weighted by Gasteiger charge is 2.15. The fraction of sp³-hybridized carbons (Fsp3) is 0.429. The van der Waals surface area contributed by atoms with Gasteiger partial charge in [-0.25, -0.2) is 0 Å². The fourth-order valence-electron chi connectivity index (χ4n) is 1.96. The predicted molar refractivity (Wildman–Crippen MR) is 65.4 cm³/mol. The smallest absolute Gasteiger partial charge is 0.137 e. The highest BCUT2D eigenvalue weighted by atomic mass is 16.4. The summed E-state index contributed by atoms with van der Waals surface area (Å²) in [4.78, 5) is 0. The Balaban J connectivity index is 2.36. The van der Waals surface area contributed by atoms with Gasteiger partial charge in [0.1, 0.15) is 17.4 Å². The van der Waals surface area contributed by atoms with Crippen LogP contribution in [-0.2, 0) is 0 Å². The average Bonchev–Trinajstić information content (AvgIpc) is 2.61. The van der Waals surface area contributed by atoms with Crippen molar-refractivity contribution in [2.45, 2.75) is 33.3 Å². The largest absolute Gasteiger partial charge is 0.458 e. The molecule has 1 heterocycles. The minimum Gasteiger partial charge on any atom is -0.458 e. The minimum atomic E-state index is -0.494. The van der Waals surface area contributed by atoms with E-state index < -0.39 is 6.10 Å². The van der Waals surface area contributed by atoms with Crippen molar-refractivity contribution in [2.24, 2.45) is 5.92 Å². The second-order valence-electron chi connectivity index (χ2n) is 4.79. The van der Waals surface area contributed by atoms with Crippen LogP contribution in [0.3, 0.4) is 0 Å². The van der Waals surface area contributed by atoms with Crippen LogP contribution in [0.4, 0.5) is 0 Å². The number of aliphatic hydroxyl groups is 1. The van der Waals surface area contributed by atoms with Crippen molar-refractivity contribution in [3.8, 4) is 0 Å². The van der Waals surface area contributed by atoms with Crippen molar-refractivity contribution in [1.82, 2.24) is 0 Å². The van der Waals surface area contributed by atoms with Gasteiger partial charge in [0, 0.05) is 5.39 Å². The third-order valence-electron chi connectivity index (χ3n) is 2.78. The van der Waals surface area contributed by atoms with Gasteiger partial charge in [-0.2, -0.15) is 0 Å². The van der Waals surface area contributed by atoms with Crippen LogP contribution in [0.2, 0.25) is 0 Å². The van der Waals surface area contributed by atoms with Crippen molar-refractivity contribution >= 4 is 11.0 Å². The summed E-state index contributed by atoms with van der Waals surface area (Å²) >= 11 is 0. The first kappa shape index (κ1) is 11.2. The molecule has 1 unspecified atom stereocenters. The minimum absolute atomic E-state index is 0.462. The lowest BCUT2D eigenvalue weighted by molar-refractivity contribution is 0.128. The zero-order valence-corrected chi connectivity index (χ0v) is 10.0. The molecule has 0 bridgehead atoms. The first-order valence-electron chi connectivity index (χ1n) is 5.75. The number of benzene rings is 1. The molecule has 0 aliphatic carbocycles. The van der Waals surface area contributed by atoms with Crippen LogP contribution in [0.5, 0.6) is 0 Å². The van der Waals surface area contributed by atoms with E-state index in [1.165, 1.54) is 0 Å². The van der Waals surface area contributed by atoms with Gasteiger partial charge < -0.3 is 9.52 Å². The van der Waals surface area contributed by atoms with Gasteiger partial charge in [0.05, 0.1) is 0 Å². The average molecular weight is 218 g/mol. The van der Waals surface area contributed by atoms with Crippen LogP contribution in [0, 0.1) is 12.8 Å². The molecular formula is C14H18O2. The lowest BCUT2D eigenvalue weighted by Gasteiger charge is -2.09. The molecule has 0 radical (unpaired) electrons. The van der Waals surface area contributed by atoms with Crippen LogP contribution in [0.25, 0.3) is 11.0 Å². The second kappa shape index (κ2) is 4.30. The van der Waals surface area contributed by atoms with Crippen molar-refractivity contribution in [3.63, 3.8) is 0 Å². The van der Waals surface area contributed by atoms with Crippen molar-refractivity contribution in [2.75, 3.05) is 0 Å². The molecule has 2 nitrogen and oxygen atoms in total. The van der Waals surface area contributed by atoms with E-state index in [1.807, 2.05) is 31.2 Å². The fourth-order valence-corrected chi connectivity index (χ4v) is 1.96. The summed E-state index contributed by atoms with van der Waals surface area (Å²) in [6, 6.07) is 7.98. The van der Waals surface area contributed by atoms with E-state index >= 15 is 0 Å². The number of fused-ring (bicyclic) bond motifs is 1. The molecular weight excluding hydrogens is 200 g/mol. The normalized spacial score (nSPS) is 13.6. The molecule has 0 amide bonds. The summed E-state index contributed by atoms with van der Waals surface area (Å²) in [5.41, 5.74) is 2.00. The van der Waals surface area contributed by atoms with E-state index in [1.54, 1.807) is 0 Å². The SMILES string of the molecule is Cc1cccc2cc(C(O)CC(C)C)oc12. The van der Waals surface area contributed by atoms with Crippen molar-refractivity contribution in [1.29, 1.82) is 0 Å². The molecule has 0 fully saturated rings. The molecule has 1 aromatic carbocycles. The Hall–Kier alpha value is -1.28. The molecule has 1 atom stereocenters. The van der Waals surface area contributed by atoms with E-state index in [0.717, 1.165) is 23.0 Å². The van der Waals surface area contributed by atoms with E-state index in [4.69, 9.17) is 4.42 Å². The van der Waals surface area contributed by atoms with E-state index in [-0.39, 0.29) is 0 Å². The number of hydrogen-bond donors (Lipinski definition) is 1. The van der Waals surface area contributed by atoms with Gasteiger partial charge in [0.2, 0.25) is 0 Å². The monoisotopic (exact) mass is 218 g/mol. The third kappa shape index (κ3) is 2.12. The van der Waals surface area contributed by atoms with Crippen LogP contribution in [0.15, 0.2) is 28.7 Å². The standard InChI is InChI=1S/C14H18O2/c1-9(2)7-12(15)13-8-11-6-4-5-10(3)14(11)16-13/h4-6,8-9,12,15H,7H2,1-3H3. The molecule has 2 heteroatoms. The molecule has 0 aliphatic heterocycles. The highest BCUT2D eigenvalue weighted by Crippen LogP contribution is 2.29. The molecule has 86 valence electrons. The summed E-state index contributed by atoms with van der Waals surface area (Å²) in [5, 5.41) is 11.1. The predicted octanol–water partition coefficient (Wildman–Crippen LogP) is 3.82. The molecule has 2 aromatic rings. The van der Waals surface area contributed by atoms with Crippen LogP contribution >= 0.6 is 0 Å². The lowest BCUT2D eigenvalue weighted by atomic mass is 10.0. The molecule has 1 N–H and O–H groups in total. The topological polar surface area (TPSA) is 33.4 Å². The molecule has 16 heavy (non-hydrogen) atoms. The van der Waals surface area contributed by atoms with Crippen molar-refractivity contribution < 1.29 is 9.52 Å². The Morgan fingerprint density at radius 3 is 2.69 bits per heavy atom. The van der Waals surface area contributed by atoms with Gasteiger partial charge in [-0.1, -0.05) is 32.0 Å². The van der Waals surface area contributed by atoms with E-state index in [0.29, 0.717) is 11.7 Å². The van der Waals surface area contributed by atoms with Crippen LogP contribution < -0.4 is 0 Å². The third-order valence-corrected chi connectivity index (χ3v) is 2.78. The van der Waals surface area contributed by atoms with E-state index in [9.17, 15) is 5.11 Å². The first-order valence-corrected chi connectivity index (χ1v) is 5.75. The number of aryl methyl sites for hydroxylation is 1. The Morgan fingerprint density at radius 1 is 1.31 bits per heavy atom. The molecule has 2 rings (SSSR count). The summed E-state index contributed by atoms with van der Waals surface area (Å²) < 4.78 is 5.71. The summed E-state index contributed by atoms with van der Waals surface area (Å²) in [5.74, 6) is 1.14. The summed E-state index contributed by atoms with van der Waals surface area (Å²) in [7, 11) is 0. The molecule has 0 saturated carbocycles. The Morgan fingerprint density at radius 2 is 2.06 bits per heavy atom. The number of aliphatic hydroxyl groups excluding tert-OH is 1. The molecule has 1 aromatic heterocycles. The second-order valence-corrected chi connectivity index (χ2v) is 4.79. The zero-order valence-electron chi connectivity index (χ0n) is 10.0. The summed E-state index contributed by atoms with van der Waals surface area (Å²) in [6.07, 6.45) is 0.241. The maximum atomic E-state index is 9.99. The molecule has 0 saturated heterocycles. The Kier molecular flexibility index (Phi) is 3.01. The molecule has 0 spiro atoms. The quantitative estimate of drug-likeness (QED) is 0.849. The number of furan rings is 1. The Bertz CT molecular complexity index is 482. The Labute approximate surface area is 95.9 Å². The van der Waals surface area contributed by atoms with Gasteiger partial charge in [-0.05, 0) is 30.9 Å². The molecule has 0 aliphatic rings. The maximum Gasteiger partial charge on any atom is 0.137 e. The van der Waals surface area contributed by atoms with Crippen LogP contribution in [0.1, 0.15) is 37.7 Å². The number of rotatable bonds is 3. The van der Waals surface area contributed by atoms with Gasteiger partial charge in [0.25, 0.3) is 0 Å². The van der Waals surface area contributed by atoms with Crippen LogP contribution in [-0.4, -0.2) is 5.11 Å². The first-order chi connectivity index (χ1) is 7.58. The summed E-state index contributed by atoms with van der Waals surface area (Å²) in [6.45, 7) is 6.21. The zero-order chi connectivity index (χ0) is 11.7. The maximum absolute atomic E-state index is 9.99. The van der Waals surface area contributed by atoms with E-state index in [2.05, 4.69) is 13.8 Å². The van der Waals surface area contributed by atoms with Gasteiger partial charge in [0.15, 0.2) is 0 Å². The highest BCUT2D eigenvalue weighted by molar-refractivity contribution is 5.80. The van der Waals surface area contributed by atoms with Crippen molar-refractivity contribution in [3.05, 3.63) is 35.6 Å². The van der Waals surface area contributed by atoms with Gasteiger partial charge in [-0.3, -0.25) is 0 Å².